The molecule has 2 N–H and O–H groups in total. The Morgan fingerprint density at radius 1 is 1.44 bits per heavy atom. The zero-order chi connectivity index (χ0) is 13.4. The molecule has 18 heavy (non-hydrogen) atoms. The van der Waals surface area contributed by atoms with Gasteiger partial charge < -0.3 is 15.5 Å². The van der Waals surface area contributed by atoms with Gasteiger partial charge in [-0.1, -0.05) is 6.92 Å². The molecule has 0 saturated carbocycles. The van der Waals surface area contributed by atoms with Crippen molar-refractivity contribution in [2.75, 3.05) is 32.7 Å². The van der Waals surface area contributed by atoms with Crippen LogP contribution in [0, 0.1) is 5.92 Å². The fourth-order valence-corrected chi connectivity index (χ4v) is 2.65. The average molecular weight is 255 g/mol. The van der Waals surface area contributed by atoms with Crippen LogP contribution in [0.1, 0.15) is 40.0 Å². The summed E-state index contributed by atoms with van der Waals surface area (Å²) in [6, 6.07) is 0.508. The van der Waals surface area contributed by atoms with Crippen LogP contribution in [0.15, 0.2) is 0 Å². The van der Waals surface area contributed by atoms with Crippen LogP contribution in [0.3, 0.4) is 0 Å². The standard InChI is InChI=1S/C14H29N3O/c1-4-15-14(18)8-9-16-12(3)13-7-6-10-17(5-2)11-13/h12-13,16H,4-11H2,1-3H3,(H,15,18). The molecule has 1 saturated heterocycles. The van der Waals surface area contributed by atoms with E-state index in [1.807, 2.05) is 6.92 Å². The first-order chi connectivity index (χ1) is 8.67. The minimum absolute atomic E-state index is 0.149. The summed E-state index contributed by atoms with van der Waals surface area (Å²) in [6.07, 6.45) is 3.20. The monoisotopic (exact) mass is 255 g/mol. The summed E-state index contributed by atoms with van der Waals surface area (Å²) >= 11 is 0. The number of piperidine rings is 1. The molecule has 4 nitrogen and oxygen atoms in total. The average Bonchev–Trinajstić information content (AvgIpc) is 2.39. The van der Waals surface area contributed by atoms with Crippen LogP contribution in [0.4, 0.5) is 0 Å². The van der Waals surface area contributed by atoms with Gasteiger partial charge in [-0.15, -0.1) is 0 Å². The third-order valence-electron chi connectivity index (χ3n) is 3.89. The Bertz CT molecular complexity index is 245. The number of nitrogens with one attached hydrogen (secondary N) is 2. The maximum Gasteiger partial charge on any atom is 0.221 e. The van der Waals surface area contributed by atoms with Crippen molar-refractivity contribution >= 4 is 5.91 Å². The van der Waals surface area contributed by atoms with Crippen molar-refractivity contribution < 1.29 is 4.79 Å². The van der Waals surface area contributed by atoms with Gasteiger partial charge in [0.25, 0.3) is 0 Å². The predicted molar refractivity (Wildman–Crippen MR) is 75.6 cm³/mol. The van der Waals surface area contributed by atoms with Crippen molar-refractivity contribution in [3.8, 4) is 0 Å². The highest BCUT2D eigenvalue weighted by atomic mass is 16.1. The van der Waals surface area contributed by atoms with Crippen molar-refractivity contribution in [1.82, 2.24) is 15.5 Å². The Hall–Kier alpha value is -0.610. The van der Waals surface area contributed by atoms with Gasteiger partial charge in [0.05, 0.1) is 0 Å². The Labute approximate surface area is 111 Å². The van der Waals surface area contributed by atoms with Crippen molar-refractivity contribution in [3.63, 3.8) is 0 Å². The number of likely N-dealkylation sites (tertiary alicyclic amines) is 1. The van der Waals surface area contributed by atoms with Crippen molar-refractivity contribution in [2.24, 2.45) is 5.92 Å². The van der Waals surface area contributed by atoms with E-state index in [1.165, 1.54) is 25.9 Å². The van der Waals surface area contributed by atoms with E-state index < -0.39 is 0 Å². The van der Waals surface area contributed by atoms with E-state index in [0.29, 0.717) is 12.5 Å². The Morgan fingerprint density at radius 2 is 2.22 bits per heavy atom. The molecule has 0 bridgehead atoms. The third-order valence-corrected chi connectivity index (χ3v) is 3.89. The van der Waals surface area contributed by atoms with Crippen LogP contribution in [-0.4, -0.2) is 49.6 Å². The first-order valence-electron chi connectivity index (χ1n) is 7.39. The molecule has 2 unspecified atom stereocenters. The third kappa shape index (κ3) is 5.36. The van der Waals surface area contributed by atoms with Crippen LogP contribution >= 0.6 is 0 Å². The number of hydrogen-bond donors (Lipinski definition) is 2. The predicted octanol–water partition coefficient (Wildman–Crippen LogP) is 1.22. The topological polar surface area (TPSA) is 44.4 Å². The van der Waals surface area contributed by atoms with Gasteiger partial charge in [-0.05, 0) is 45.7 Å². The van der Waals surface area contributed by atoms with Gasteiger partial charge in [-0.25, -0.2) is 0 Å². The molecule has 1 heterocycles. The fourth-order valence-electron chi connectivity index (χ4n) is 2.65. The molecular formula is C14H29N3O. The molecule has 0 radical (unpaired) electrons. The van der Waals surface area contributed by atoms with Gasteiger partial charge in [-0.3, -0.25) is 4.79 Å². The molecule has 106 valence electrons. The van der Waals surface area contributed by atoms with Crippen molar-refractivity contribution in [3.05, 3.63) is 0 Å². The van der Waals surface area contributed by atoms with Gasteiger partial charge in [-0.2, -0.15) is 0 Å². The van der Waals surface area contributed by atoms with Crippen LogP contribution in [0.25, 0.3) is 0 Å². The second kappa shape index (κ2) is 8.48. The molecule has 0 spiro atoms. The first-order valence-corrected chi connectivity index (χ1v) is 7.39. The zero-order valence-corrected chi connectivity index (χ0v) is 12.2. The Kier molecular flexibility index (Phi) is 7.28. The molecule has 1 aliphatic heterocycles. The number of nitrogens with zero attached hydrogens (tertiary/aromatic N) is 1. The van der Waals surface area contributed by atoms with E-state index in [-0.39, 0.29) is 5.91 Å². The van der Waals surface area contributed by atoms with Crippen molar-refractivity contribution in [1.29, 1.82) is 0 Å². The first kappa shape index (κ1) is 15.4. The summed E-state index contributed by atoms with van der Waals surface area (Å²) in [5, 5.41) is 6.33. The molecule has 0 aliphatic carbocycles. The molecule has 2 atom stereocenters. The lowest BCUT2D eigenvalue weighted by atomic mass is 9.91. The second-order valence-electron chi connectivity index (χ2n) is 5.24. The fraction of sp³-hybridized carbons (Fsp3) is 0.929. The largest absolute Gasteiger partial charge is 0.356 e. The minimum Gasteiger partial charge on any atom is -0.356 e. The lowest BCUT2D eigenvalue weighted by molar-refractivity contribution is -0.120. The van der Waals surface area contributed by atoms with Crippen LogP contribution in [-0.2, 0) is 4.79 Å². The molecule has 0 aromatic rings. The summed E-state index contributed by atoms with van der Waals surface area (Å²) in [7, 11) is 0. The highest BCUT2D eigenvalue weighted by Gasteiger charge is 2.23. The Morgan fingerprint density at radius 3 is 2.89 bits per heavy atom. The van der Waals surface area contributed by atoms with E-state index in [4.69, 9.17) is 0 Å². The Balaban J connectivity index is 2.19. The van der Waals surface area contributed by atoms with E-state index in [9.17, 15) is 4.79 Å². The summed E-state index contributed by atoms with van der Waals surface area (Å²) in [5.74, 6) is 0.879. The second-order valence-corrected chi connectivity index (χ2v) is 5.24. The van der Waals surface area contributed by atoms with Crippen LogP contribution in [0.5, 0.6) is 0 Å². The molecule has 1 fully saturated rings. The molecule has 1 aliphatic rings. The highest BCUT2D eigenvalue weighted by Crippen LogP contribution is 2.19. The van der Waals surface area contributed by atoms with E-state index >= 15 is 0 Å². The molecule has 1 amide bonds. The SMILES string of the molecule is CCNC(=O)CCNC(C)C1CCCN(CC)C1. The molecule has 0 aromatic heterocycles. The lowest BCUT2D eigenvalue weighted by Crippen LogP contribution is -2.45. The number of carbonyl (C=O) groups excluding carboxylic acids is 1. The van der Waals surface area contributed by atoms with Crippen LogP contribution in [0.2, 0.25) is 0 Å². The van der Waals surface area contributed by atoms with Crippen LogP contribution < -0.4 is 10.6 Å². The van der Waals surface area contributed by atoms with Gasteiger partial charge >= 0.3 is 0 Å². The van der Waals surface area contributed by atoms with E-state index in [0.717, 1.165) is 25.6 Å². The molecular weight excluding hydrogens is 226 g/mol. The molecule has 4 heteroatoms. The maximum atomic E-state index is 11.3. The van der Waals surface area contributed by atoms with Gasteiger partial charge in [0.2, 0.25) is 5.91 Å². The van der Waals surface area contributed by atoms with Gasteiger partial charge in [0, 0.05) is 32.1 Å². The normalized spacial score (nSPS) is 22.7. The molecule has 0 aromatic carbocycles. The highest BCUT2D eigenvalue weighted by molar-refractivity contribution is 5.75. The number of hydrogen-bond acceptors (Lipinski definition) is 3. The number of amides is 1. The minimum atomic E-state index is 0.149. The van der Waals surface area contributed by atoms with Gasteiger partial charge in [0.15, 0.2) is 0 Å². The number of rotatable bonds is 7. The van der Waals surface area contributed by atoms with E-state index in [1.54, 1.807) is 0 Å². The van der Waals surface area contributed by atoms with E-state index in [2.05, 4.69) is 29.4 Å². The number of carbonyl (C=O) groups is 1. The smallest absolute Gasteiger partial charge is 0.221 e. The maximum absolute atomic E-state index is 11.3. The molecule has 1 rings (SSSR count). The van der Waals surface area contributed by atoms with Crippen molar-refractivity contribution in [2.45, 2.75) is 46.1 Å². The lowest BCUT2D eigenvalue weighted by Gasteiger charge is -2.35. The quantitative estimate of drug-likeness (QED) is 0.719. The summed E-state index contributed by atoms with van der Waals surface area (Å²) in [6.45, 7) is 11.6. The van der Waals surface area contributed by atoms with Gasteiger partial charge in [0.1, 0.15) is 0 Å². The zero-order valence-electron chi connectivity index (χ0n) is 12.2. The summed E-state index contributed by atoms with van der Waals surface area (Å²) in [4.78, 5) is 13.9. The summed E-state index contributed by atoms with van der Waals surface area (Å²) < 4.78 is 0. The summed E-state index contributed by atoms with van der Waals surface area (Å²) in [5.41, 5.74) is 0.